The average Bonchev–Trinajstić information content (AvgIpc) is 2.33. The zero-order valence-corrected chi connectivity index (χ0v) is 12.1. The Morgan fingerprint density at radius 3 is 2.83 bits per heavy atom. The van der Waals surface area contributed by atoms with Gasteiger partial charge in [-0.3, -0.25) is 4.79 Å². The quantitative estimate of drug-likeness (QED) is 0.670. The molecule has 0 radical (unpaired) electrons. The number of carbonyl (C=O) groups excluding carboxylic acids is 1. The first-order valence-electron chi connectivity index (χ1n) is 6.20. The Morgan fingerprint density at radius 1 is 1.44 bits per heavy atom. The lowest BCUT2D eigenvalue weighted by atomic mass is 9.83. The number of hydrogen-bond acceptors (Lipinski definition) is 4. The number of rotatable bonds is 7. The zero-order valence-electron chi connectivity index (χ0n) is 11.3. The van der Waals surface area contributed by atoms with Crippen LogP contribution in [-0.2, 0) is 14.3 Å². The van der Waals surface area contributed by atoms with Crippen molar-refractivity contribution in [3.8, 4) is 0 Å². The maximum Gasteiger partial charge on any atom is 0.246 e. The van der Waals surface area contributed by atoms with Crippen molar-refractivity contribution in [3.05, 3.63) is 0 Å². The van der Waals surface area contributed by atoms with Gasteiger partial charge in [0, 0.05) is 20.2 Å². The lowest BCUT2D eigenvalue weighted by Crippen LogP contribution is -2.46. The summed E-state index contributed by atoms with van der Waals surface area (Å²) in [6.07, 6.45) is 2.33. The molecule has 0 aliphatic carbocycles. The van der Waals surface area contributed by atoms with Gasteiger partial charge in [0.25, 0.3) is 0 Å². The van der Waals surface area contributed by atoms with E-state index in [4.69, 9.17) is 9.47 Å². The van der Waals surface area contributed by atoms with Gasteiger partial charge in [0.1, 0.15) is 6.61 Å². The van der Waals surface area contributed by atoms with Crippen LogP contribution in [0, 0.1) is 5.41 Å². The van der Waals surface area contributed by atoms with Crippen molar-refractivity contribution in [2.45, 2.75) is 19.8 Å². The van der Waals surface area contributed by atoms with Crippen LogP contribution in [0.25, 0.3) is 0 Å². The van der Waals surface area contributed by atoms with E-state index in [1.165, 1.54) is 6.42 Å². The minimum Gasteiger partial charge on any atom is -0.382 e. The van der Waals surface area contributed by atoms with Crippen molar-refractivity contribution in [1.29, 1.82) is 0 Å². The number of halogens is 1. The molecule has 5 nitrogen and oxygen atoms in total. The maximum atomic E-state index is 11.5. The largest absolute Gasteiger partial charge is 0.382 e. The molecule has 1 rings (SSSR count). The van der Waals surface area contributed by atoms with Crippen LogP contribution in [0.1, 0.15) is 19.8 Å². The standard InChI is InChI=1S/C12H24N2O3.ClH/c1-12(4-3-5-13-9-12)10-14-11(15)8-17-7-6-16-2;/h13H,3-10H2,1-2H3,(H,14,15);1H. The predicted octanol–water partition coefficient (Wildman–Crippen LogP) is 0.577. The molecule has 6 heteroatoms. The molecule has 0 aromatic carbocycles. The first-order chi connectivity index (χ1) is 8.16. The number of methoxy groups -OCH3 is 1. The number of carbonyl (C=O) groups is 1. The van der Waals surface area contributed by atoms with Gasteiger partial charge < -0.3 is 20.1 Å². The molecule has 1 saturated heterocycles. The van der Waals surface area contributed by atoms with E-state index in [1.807, 2.05) is 0 Å². The van der Waals surface area contributed by atoms with E-state index in [1.54, 1.807) is 7.11 Å². The molecule has 0 aromatic rings. The second kappa shape index (κ2) is 9.55. The molecule has 1 aliphatic rings. The summed E-state index contributed by atoms with van der Waals surface area (Å²) in [4.78, 5) is 11.5. The highest BCUT2D eigenvalue weighted by Crippen LogP contribution is 2.23. The molecular formula is C12H25ClN2O3. The lowest BCUT2D eigenvalue weighted by Gasteiger charge is -2.34. The third-order valence-corrected chi connectivity index (χ3v) is 3.06. The van der Waals surface area contributed by atoms with Gasteiger partial charge in [0.05, 0.1) is 13.2 Å². The fourth-order valence-electron chi connectivity index (χ4n) is 1.94. The van der Waals surface area contributed by atoms with E-state index in [9.17, 15) is 4.79 Å². The Balaban J connectivity index is 0.00000289. The zero-order chi connectivity index (χ0) is 12.6. The highest BCUT2D eigenvalue weighted by atomic mass is 35.5. The van der Waals surface area contributed by atoms with Gasteiger partial charge in [-0.05, 0) is 24.8 Å². The molecule has 1 aliphatic heterocycles. The van der Waals surface area contributed by atoms with E-state index >= 15 is 0 Å². The van der Waals surface area contributed by atoms with Crippen molar-refractivity contribution >= 4 is 18.3 Å². The van der Waals surface area contributed by atoms with Crippen LogP contribution >= 0.6 is 12.4 Å². The van der Waals surface area contributed by atoms with Crippen LogP contribution in [0.2, 0.25) is 0 Å². The van der Waals surface area contributed by atoms with Crippen LogP contribution in [-0.4, -0.2) is 52.5 Å². The molecule has 1 amide bonds. The SMILES string of the molecule is COCCOCC(=O)NCC1(C)CCCNC1.Cl. The Labute approximate surface area is 115 Å². The molecular weight excluding hydrogens is 256 g/mol. The maximum absolute atomic E-state index is 11.5. The predicted molar refractivity (Wildman–Crippen MR) is 73.2 cm³/mol. The van der Waals surface area contributed by atoms with Crippen LogP contribution in [0.4, 0.5) is 0 Å². The first-order valence-corrected chi connectivity index (χ1v) is 6.20. The highest BCUT2D eigenvalue weighted by Gasteiger charge is 2.26. The third kappa shape index (κ3) is 7.16. The molecule has 1 unspecified atom stereocenters. The Hall–Kier alpha value is -0.360. The van der Waals surface area contributed by atoms with Crippen LogP contribution in [0.15, 0.2) is 0 Å². The molecule has 0 spiro atoms. The van der Waals surface area contributed by atoms with Crippen molar-refractivity contribution in [1.82, 2.24) is 10.6 Å². The fraction of sp³-hybridized carbons (Fsp3) is 0.917. The molecule has 0 saturated carbocycles. The van der Waals surface area contributed by atoms with Gasteiger partial charge in [-0.2, -0.15) is 0 Å². The summed E-state index contributed by atoms with van der Waals surface area (Å²) < 4.78 is 9.99. The molecule has 0 bridgehead atoms. The van der Waals surface area contributed by atoms with Crippen molar-refractivity contribution in [3.63, 3.8) is 0 Å². The minimum atomic E-state index is -0.0482. The van der Waals surface area contributed by atoms with E-state index in [-0.39, 0.29) is 30.3 Å². The number of ether oxygens (including phenoxy) is 2. The summed E-state index contributed by atoms with van der Waals surface area (Å²) in [7, 11) is 1.61. The van der Waals surface area contributed by atoms with Crippen molar-refractivity contribution in [2.75, 3.05) is 46.6 Å². The monoisotopic (exact) mass is 280 g/mol. The van der Waals surface area contributed by atoms with E-state index in [0.717, 1.165) is 19.5 Å². The topological polar surface area (TPSA) is 59.6 Å². The summed E-state index contributed by atoms with van der Waals surface area (Å²) in [6.45, 7) is 6.07. The van der Waals surface area contributed by atoms with Crippen molar-refractivity contribution in [2.24, 2.45) is 5.41 Å². The molecule has 18 heavy (non-hydrogen) atoms. The second-order valence-corrected chi connectivity index (χ2v) is 4.91. The molecule has 1 fully saturated rings. The van der Waals surface area contributed by atoms with Gasteiger partial charge in [0.15, 0.2) is 0 Å². The summed E-state index contributed by atoms with van der Waals surface area (Å²) in [5.41, 5.74) is 0.181. The number of amides is 1. The Morgan fingerprint density at radius 2 is 2.22 bits per heavy atom. The van der Waals surface area contributed by atoms with Crippen LogP contribution in [0.5, 0.6) is 0 Å². The number of nitrogens with one attached hydrogen (secondary N) is 2. The highest BCUT2D eigenvalue weighted by molar-refractivity contribution is 5.85. The minimum absolute atomic E-state index is 0. The van der Waals surface area contributed by atoms with Gasteiger partial charge in [-0.25, -0.2) is 0 Å². The molecule has 108 valence electrons. The number of piperidine rings is 1. The summed E-state index contributed by atoms with van der Waals surface area (Å²) in [6, 6.07) is 0. The average molecular weight is 281 g/mol. The second-order valence-electron chi connectivity index (χ2n) is 4.91. The molecule has 1 heterocycles. The summed E-state index contributed by atoms with van der Waals surface area (Å²) in [5, 5.41) is 6.28. The first kappa shape index (κ1) is 17.6. The molecule has 2 N–H and O–H groups in total. The third-order valence-electron chi connectivity index (χ3n) is 3.06. The van der Waals surface area contributed by atoms with Gasteiger partial charge in [0.2, 0.25) is 5.91 Å². The smallest absolute Gasteiger partial charge is 0.246 e. The van der Waals surface area contributed by atoms with Crippen LogP contribution in [0.3, 0.4) is 0 Å². The Kier molecular flexibility index (Phi) is 9.36. The number of hydrogen-bond donors (Lipinski definition) is 2. The lowest BCUT2D eigenvalue weighted by molar-refractivity contribution is -0.126. The summed E-state index contributed by atoms with van der Waals surface area (Å²) in [5.74, 6) is -0.0482. The van der Waals surface area contributed by atoms with E-state index in [2.05, 4.69) is 17.6 Å². The van der Waals surface area contributed by atoms with Crippen molar-refractivity contribution < 1.29 is 14.3 Å². The van der Waals surface area contributed by atoms with Gasteiger partial charge >= 0.3 is 0 Å². The normalized spacial score (nSPS) is 23.2. The van der Waals surface area contributed by atoms with Gasteiger partial charge in [-0.15, -0.1) is 12.4 Å². The fourth-order valence-corrected chi connectivity index (χ4v) is 1.94. The van der Waals surface area contributed by atoms with Gasteiger partial charge in [-0.1, -0.05) is 6.92 Å². The van der Waals surface area contributed by atoms with E-state index in [0.29, 0.717) is 19.8 Å². The molecule has 1 atom stereocenters. The summed E-state index contributed by atoms with van der Waals surface area (Å²) >= 11 is 0. The Bertz CT molecular complexity index is 233. The molecule has 0 aromatic heterocycles. The van der Waals surface area contributed by atoms with Crippen LogP contribution < -0.4 is 10.6 Å². The van der Waals surface area contributed by atoms with E-state index < -0.39 is 0 Å².